The minimum atomic E-state index is -4.52. The van der Waals surface area contributed by atoms with Gasteiger partial charge in [-0.05, 0) is 67.6 Å². The highest BCUT2D eigenvalue weighted by atomic mass is 19.4. The Morgan fingerprint density at radius 2 is 1.67 bits per heavy atom. The van der Waals surface area contributed by atoms with E-state index in [4.69, 9.17) is 9.47 Å². The van der Waals surface area contributed by atoms with E-state index in [1.807, 2.05) is 6.92 Å². The number of likely N-dealkylation sites (N-methyl/N-ethyl adjacent to an activating group) is 1. The number of aliphatic hydroxyl groups excluding tert-OH is 1. The molecular formula is C32H36F3N5O6. The number of aliphatic hydroxyl groups is 1. The van der Waals surface area contributed by atoms with Gasteiger partial charge in [0.1, 0.15) is 11.9 Å². The van der Waals surface area contributed by atoms with Crippen LogP contribution in [-0.2, 0) is 6.18 Å². The Kier molecular flexibility index (Phi) is 10.6. The van der Waals surface area contributed by atoms with Crippen molar-refractivity contribution in [2.24, 2.45) is 5.92 Å². The van der Waals surface area contributed by atoms with Crippen molar-refractivity contribution >= 4 is 35.0 Å². The van der Waals surface area contributed by atoms with Gasteiger partial charge in [-0.15, -0.1) is 0 Å². The van der Waals surface area contributed by atoms with Crippen molar-refractivity contribution < 1.29 is 42.1 Å². The van der Waals surface area contributed by atoms with Crippen molar-refractivity contribution in [3.05, 3.63) is 77.9 Å². The highest BCUT2D eigenvalue weighted by Gasteiger charge is 2.35. The van der Waals surface area contributed by atoms with E-state index in [9.17, 15) is 32.7 Å². The van der Waals surface area contributed by atoms with E-state index in [-0.39, 0.29) is 48.3 Å². The van der Waals surface area contributed by atoms with Crippen LogP contribution < -0.4 is 25.4 Å². The minimum Gasteiger partial charge on any atom is -0.497 e. The molecule has 0 saturated carbocycles. The third-order valence-corrected chi connectivity index (χ3v) is 7.55. The van der Waals surface area contributed by atoms with Crippen LogP contribution >= 0.6 is 0 Å². The summed E-state index contributed by atoms with van der Waals surface area (Å²) in [4.78, 5) is 42.7. The fourth-order valence-corrected chi connectivity index (χ4v) is 4.83. The number of nitrogens with one attached hydrogen (secondary N) is 3. The van der Waals surface area contributed by atoms with Crippen LogP contribution in [0.1, 0.15) is 29.8 Å². The molecule has 4 N–H and O–H groups in total. The Labute approximate surface area is 264 Å². The van der Waals surface area contributed by atoms with Crippen LogP contribution in [-0.4, -0.2) is 78.9 Å². The number of fused-ring (bicyclic) bond motifs is 1. The lowest BCUT2D eigenvalue weighted by Crippen LogP contribution is -2.50. The predicted octanol–water partition coefficient (Wildman–Crippen LogP) is 5.74. The number of amides is 5. The number of nitrogens with zero attached hydrogens (tertiary/aromatic N) is 2. The zero-order valence-corrected chi connectivity index (χ0v) is 25.7. The molecule has 246 valence electrons. The number of para-hydroxylation sites is 1. The number of carbonyl (C=O) groups excluding carboxylic acids is 3. The molecule has 46 heavy (non-hydrogen) atoms. The maximum absolute atomic E-state index is 13.7. The number of methoxy groups -OCH3 is 1. The molecule has 0 unspecified atom stereocenters. The van der Waals surface area contributed by atoms with Crippen LogP contribution in [0.4, 0.5) is 39.8 Å². The molecule has 3 aromatic rings. The topological polar surface area (TPSA) is 132 Å². The van der Waals surface area contributed by atoms with E-state index in [0.29, 0.717) is 11.4 Å². The van der Waals surface area contributed by atoms with Gasteiger partial charge in [-0.2, -0.15) is 13.2 Å². The lowest BCUT2D eigenvalue weighted by molar-refractivity contribution is -0.137. The van der Waals surface area contributed by atoms with E-state index in [0.717, 1.165) is 24.3 Å². The Bertz CT molecular complexity index is 1530. The van der Waals surface area contributed by atoms with E-state index < -0.39 is 41.9 Å². The second-order valence-electron chi connectivity index (χ2n) is 11.0. The summed E-state index contributed by atoms with van der Waals surface area (Å²) >= 11 is 0. The van der Waals surface area contributed by atoms with Gasteiger partial charge in [0.05, 0.1) is 43.1 Å². The number of alkyl halides is 3. The van der Waals surface area contributed by atoms with Crippen molar-refractivity contribution in [1.29, 1.82) is 0 Å². The van der Waals surface area contributed by atoms with Crippen LogP contribution in [0.5, 0.6) is 11.5 Å². The molecule has 0 spiro atoms. The van der Waals surface area contributed by atoms with E-state index >= 15 is 0 Å². The van der Waals surface area contributed by atoms with Gasteiger partial charge in [-0.25, -0.2) is 9.59 Å². The van der Waals surface area contributed by atoms with Crippen molar-refractivity contribution in [2.45, 2.75) is 32.2 Å². The van der Waals surface area contributed by atoms with Gasteiger partial charge in [0.2, 0.25) is 0 Å². The first-order chi connectivity index (χ1) is 21.8. The molecule has 5 amide bonds. The van der Waals surface area contributed by atoms with Crippen LogP contribution in [0.15, 0.2) is 66.7 Å². The number of anilines is 3. The summed E-state index contributed by atoms with van der Waals surface area (Å²) in [5, 5.41) is 17.8. The lowest BCUT2D eigenvalue weighted by Gasteiger charge is -2.38. The summed E-state index contributed by atoms with van der Waals surface area (Å²) in [6, 6.07) is 13.6. The molecule has 0 bridgehead atoms. The Hall–Kier alpha value is -4.98. The molecule has 0 fully saturated rings. The first kappa shape index (κ1) is 33.9. The lowest BCUT2D eigenvalue weighted by atomic mass is 9.99. The SMILES string of the molecule is COc1ccc(NC(=O)N(C)C[C@H]2Oc3c(NC(=O)Nc4ccc(C(F)(F)F)cc4)cccc3C(=O)N([C@H](C)CO)C[C@H]2C)cc1. The van der Waals surface area contributed by atoms with Gasteiger partial charge in [0.25, 0.3) is 5.91 Å². The molecule has 14 heteroatoms. The number of urea groups is 2. The summed E-state index contributed by atoms with van der Waals surface area (Å²) in [6.45, 7) is 3.56. The van der Waals surface area contributed by atoms with Gasteiger partial charge in [-0.1, -0.05) is 13.0 Å². The zero-order valence-electron chi connectivity index (χ0n) is 25.7. The quantitative estimate of drug-likeness (QED) is 0.248. The highest BCUT2D eigenvalue weighted by molar-refractivity contribution is 6.04. The predicted molar refractivity (Wildman–Crippen MR) is 166 cm³/mol. The number of rotatable bonds is 8. The third-order valence-electron chi connectivity index (χ3n) is 7.55. The average Bonchev–Trinajstić information content (AvgIpc) is 3.02. The van der Waals surface area contributed by atoms with Crippen LogP contribution in [0.3, 0.4) is 0 Å². The first-order valence-electron chi connectivity index (χ1n) is 14.4. The summed E-state index contributed by atoms with van der Waals surface area (Å²) in [7, 11) is 3.13. The molecule has 0 aromatic heterocycles. The van der Waals surface area contributed by atoms with Crippen molar-refractivity contribution in [3.63, 3.8) is 0 Å². The largest absolute Gasteiger partial charge is 0.497 e. The molecule has 0 radical (unpaired) electrons. The van der Waals surface area contributed by atoms with E-state index in [1.165, 1.54) is 21.9 Å². The number of halogens is 3. The molecule has 0 saturated heterocycles. The van der Waals surface area contributed by atoms with Crippen molar-refractivity contribution in [2.75, 3.05) is 49.8 Å². The number of hydrogen-bond acceptors (Lipinski definition) is 6. The minimum absolute atomic E-state index is 0.0470. The smallest absolute Gasteiger partial charge is 0.416 e. The molecule has 4 rings (SSSR count). The van der Waals surface area contributed by atoms with Gasteiger partial charge in [0, 0.05) is 30.9 Å². The summed E-state index contributed by atoms with van der Waals surface area (Å²) in [6.07, 6.45) is -5.20. The second-order valence-corrected chi connectivity index (χ2v) is 11.0. The number of ether oxygens (including phenoxy) is 2. The van der Waals surface area contributed by atoms with E-state index in [1.54, 1.807) is 51.4 Å². The summed E-state index contributed by atoms with van der Waals surface area (Å²) in [5.41, 5.74) is 0.0411. The first-order valence-corrected chi connectivity index (χ1v) is 14.4. The molecular weight excluding hydrogens is 607 g/mol. The molecule has 1 aliphatic heterocycles. The van der Waals surface area contributed by atoms with Crippen molar-refractivity contribution in [3.8, 4) is 11.5 Å². The molecule has 3 atom stereocenters. The molecule has 3 aromatic carbocycles. The average molecular weight is 644 g/mol. The van der Waals surface area contributed by atoms with Crippen LogP contribution in [0.2, 0.25) is 0 Å². The molecule has 1 aliphatic rings. The third kappa shape index (κ3) is 8.18. The fraction of sp³-hybridized carbons (Fsp3) is 0.344. The van der Waals surface area contributed by atoms with Gasteiger partial charge < -0.3 is 40.3 Å². The Morgan fingerprint density at radius 3 is 2.28 bits per heavy atom. The van der Waals surface area contributed by atoms with Crippen LogP contribution in [0.25, 0.3) is 0 Å². The molecule has 0 aliphatic carbocycles. The number of carbonyl (C=O) groups is 3. The second kappa shape index (κ2) is 14.4. The standard InChI is InChI=1S/C32H36F3N5O6/c1-19-16-40(20(2)18-41)29(42)25-6-5-7-26(38-30(43)36-22-10-8-21(9-11-22)32(33,34)35)28(25)46-27(19)17-39(3)31(44)37-23-12-14-24(45-4)15-13-23/h5-15,19-20,27,41H,16-18H2,1-4H3,(H,37,44)(H2,36,38,43)/t19-,20-,27-/m1/s1. The number of benzene rings is 3. The van der Waals surface area contributed by atoms with E-state index in [2.05, 4.69) is 16.0 Å². The van der Waals surface area contributed by atoms with Crippen LogP contribution in [0, 0.1) is 5.92 Å². The highest BCUT2D eigenvalue weighted by Crippen LogP contribution is 2.35. The normalized spacial score (nSPS) is 17.0. The van der Waals surface area contributed by atoms with Gasteiger partial charge in [0.15, 0.2) is 5.75 Å². The Balaban J connectivity index is 1.58. The Morgan fingerprint density at radius 1 is 1.04 bits per heavy atom. The van der Waals surface area contributed by atoms with Crippen molar-refractivity contribution in [1.82, 2.24) is 9.80 Å². The zero-order chi connectivity index (χ0) is 33.6. The number of hydrogen-bond donors (Lipinski definition) is 4. The monoisotopic (exact) mass is 643 g/mol. The molecule has 11 nitrogen and oxygen atoms in total. The summed E-state index contributed by atoms with van der Waals surface area (Å²) < 4.78 is 50.4. The maximum Gasteiger partial charge on any atom is 0.416 e. The molecule has 1 heterocycles. The summed E-state index contributed by atoms with van der Waals surface area (Å²) in [5.74, 6) is -0.0863. The van der Waals surface area contributed by atoms with Gasteiger partial charge in [-0.3, -0.25) is 4.79 Å². The maximum atomic E-state index is 13.7. The fourth-order valence-electron chi connectivity index (χ4n) is 4.83. The van der Waals surface area contributed by atoms with Gasteiger partial charge >= 0.3 is 18.2 Å².